The van der Waals surface area contributed by atoms with E-state index in [-0.39, 0.29) is 5.91 Å². The molecule has 3 aromatic rings. The third kappa shape index (κ3) is 4.83. The van der Waals surface area contributed by atoms with Crippen LogP contribution in [0.4, 0.5) is 10.8 Å². The van der Waals surface area contributed by atoms with Gasteiger partial charge >= 0.3 is 0 Å². The summed E-state index contributed by atoms with van der Waals surface area (Å²) in [6.07, 6.45) is 0.975. The zero-order valence-corrected chi connectivity index (χ0v) is 15.4. The van der Waals surface area contributed by atoms with Crippen molar-refractivity contribution in [1.82, 2.24) is 4.98 Å². The van der Waals surface area contributed by atoms with E-state index in [1.165, 1.54) is 16.9 Å². The van der Waals surface area contributed by atoms with Crippen molar-refractivity contribution in [2.24, 2.45) is 0 Å². The van der Waals surface area contributed by atoms with Gasteiger partial charge in [0.25, 0.3) is 0 Å². The fraction of sp³-hybridized carbons (Fsp3) is 0.200. The van der Waals surface area contributed by atoms with Crippen molar-refractivity contribution in [3.05, 3.63) is 59.5 Å². The van der Waals surface area contributed by atoms with E-state index >= 15 is 0 Å². The van der Waals surface area contributed by atoms with Crippen LogP contribution in [0.5, 0.6) is 5.75 Å². The van der Waals surface area contributed by atoms with Gasteiger partial charge in [-0.15, -0.1) is 11.3 Å². The number of thiazole rings is 1. The summed E-state index contributed by atoms with van der Waals surface area (Å²) >= 11 is 1.42. The maximum atomic E-state index is 12.1. The first-order valence-corrected chi connectivity index (χ1v) is 9.29. The van der Waals surface area contributed by atoms with Gasteiger partial charge in [-0.2, -0.15) is 0 Å². The molecule has 0 atom stereocenters. The molecule has 3 rings (SSSR count). The fourth-order valence-corrected chi connectivity index (χ4v) is 3.13. The number of amides is 1. The number of anilines is 2. The highest BCUT2D eigenvalue weighted by Crippen LogP contribution is 2.25. The molecule has 6 heteroatoms. The Bertz CT molecular complexity index is 875. The number of nitrogens with two attached hydrogens (primary N) is 1. The molecule has 0 aliphatic rings. The number of nitrogens with one attached hydrogen (secondary N) is 1. The van der Waals surface area contributed by atoms with E-state index in [0.717, 1.165) is 11.3 Å². The van der Waals surface area contributed by atoms with E-state index in [9.17, 15) is 4.79 Å². The van der Waals surface area contributed by atoms with Crippen LogP contribution in [-0.2, 0) is 4.79 Å². The zero-order chi connectivity index (χ0) is 18.4. The summed E-state index contributed by atoms with van der Waals surface area (Å²) in [6.45, 7) is 2.49. The van der Waals surface area contributed by atoms with Crippen LogP contribution in [0, 0.1) is 6.92 Å². The van der Waals surface area contributed by atoms with Gasteiger partial charge in [-0.3, -0.25) is 4.79 Å². The minimum atomic E-state index is -0.0700. The highest BCUT2D eigenvalue weighted by Gasteiger charge is 2.08. The van der Waals surface area contributed by atoms with Gasteiger partial charge in [0.1, 0.15) is 5.75 Å². The molecule has 0 fully saturated rings. The zero-order valence-electron chi connectivity index (χ0n) is 14.6. The summed E-state index contributed by atoms with van der Waals surface area (Å²) in [4.78, 5) is 16.5. The summed E-state index contributed by atoms with van der Waals surface area (Å²) in [6, 6.07) is 15.5. The summed E-state index contributed by atoms with van der Waals surface area (Å²) in [7, 11) is 0. The fourth-order valence-electron chi connectivity index (χ4n) is 2.40. The summed E-state index contributed by atoms with van der Waals surface area (Å²) < 4.78 is 5.59. The molecule has 26 heavy (non-hydrogen) atoms. The molecule has 0 saturated heterocycles. The monoisotopic (exact) mass is 367 g/mol. The van der Waals surface area contributed by atoms with Crippen molar-refractivity contribution in [2.45, 2.75) is 19.8 Å². The number of nitrogens with zero attached hydrogens (tertiary/aromatic N) is 1. The number of benzene rings is 2. The largest absolute Gasteiger partial charge is 0.491 e. The third-order valence-electron chi connectivity index (χ3n) is 3.82. The van der Waals surface area contributed by atoms with E-state index in [1.807, 2.05) is 54.8 Å². The first-order chi connectivity index (χ1) is 12.6. The molecule has 0 spiro atoms. The third-order valence-corrected chi connectivity index (χ3v) is 4.58. The molecule has 5 nitrogen and oxygen atoms in total. The number of rotatable bonds is 7. The average molecular weight is 367 g/mol. The highest BCUT2D eigenvalue weighted by molar-refractivity contribution is 7.14. The van der Waals surface area contributed by atoms with Gasteiger partial charge in [-0.05, 0) is 25.5 Å². The predicted molar refractivity (Wildman–Crippen MR) is 107 cm³/mol. The molecule has 0 saturated carbocycles. The Morgan fingerprint density at radius 2 is 1.96 bits per heavy atom. The van der Waals surface area contributed by atoms with Crippen molar-refractivity contribution in [3.63, 3.8) is 0 Å². The Kier molecular flexibility index (Phi) is 5.86. The lowest BCUT2D eigenvalue weighted by Gasteiger charge is -2.08. The summed E-state index contributed by atoms with van der Waals surface area (Å²) in [5.74, 6) is 0.579. The molecular formula is C20H21N3O2S. The van der Waals surface area contributed by atoms with Crippen molar-refractivity contribution in [3.8, 4) is 17.0 Å². The van der Waals surface area contributed by atoms with Gasteiger partial charge in [0.05, 0.1) is 18.0 Å². The van der Waals surface area contributed by atoms with Gasteiger partial charge in [0, 0.05) is 17.4 Å². The van der Waals surface area contributed by atoms with E-state index in [4.69, 9.17) is 10.5 Å². The lowest BCUT2D eigenvalue weighted by molar-refractivity contribution is -0.116. The first kappa shape index (κ1) is 17.9. The minimum absolute atomic E-state index is 0.0700. The van der Waals surface area contributed by atoms with Crippen LogP contribution in [0.15, 0.2) is 53.9 Å². The van der Waals surface area contributed by atoms with Crippen LogP contribution in [0.1, 0.15) is 18.4 Å². The summed E-state index contributed by atoms with van der Waals surface area (Å²) in [5, 5.41) is 5.40. The molecule has 0 aliphatic heterocycles. The van der Waals surface area contributed by atoms with E-state index in [0.29, 0.717) is 36.0 Å². The molecule has 0 radical (unpaired) electrons. The number of hydrogen-bond acceptors (Lipinski definition) is 5. The van der Waals surface area contributed by atoms with E-state index in [2.05, 4.69) is 10.3 Å². The second kappa shape index (κ2) is 8.49. The number of para-hydroxylation sites is 2. The Hall–Kier alpha value is -2.86. The highest BCUT2D eigenvalue weighted by atomic mass is 32.1. The van der Waals surface area contributed by atoms with Gasteiger partial charge < -0.3 is 15.8 Å². The molecule has 134 valence electrons. The number of carbonyl (C=O) groups is 1. The molecule has 1 heterocycles. The van der Waals surface area contributed by atoms with Crippen LogP contribution in [-0.4, -0.2) is 17.5 Å². The predicted octanol–water partition coefficient (Wildman–Crippen LogP) is 4.50. The second-order valence-corrected chi connectivity index (χ2v) is 6.80. The van der Waals surface area contributed by atoms with Crippen LogP contribution < -0.4 is 15.8 Å². The van der Waals surface area contributed by atoms with Gasteiger partial charge in [0.2, 0.25) is 5.91 Å². The molecule has 0 aliphatic carbocycles. The molecule has 1 aromatic heterocycles. The van der Waals surface area contributed by atoms with Crippen LogP contribution >= 0.6 is 11.3 Å². The second-order valence-electron chi connectivity index (χ2n) is 5.94. The number of ether oxygens (including phenoxy) is 1. The van der Waals surface area contributed by atoms with Crippen molar-refractivity contribution in [1.29, 1.82) is 0 Å². The van der Waals surface area contributed by atoms with Crippen LogP contribution in [0.25, 0.3) is 11.3 Å². The van der Waals surface area contributed by atoms with Gasteiger partial charge in [-0.1, -0.05) is 42.0 Å². The van der Waals surface area contributed by atoms with E-state index in [1.54, 1.807) is 6.07 Å². The standard InChI is InChI=1S/C20H21N3O2S/c1-14-8-10-15(11-9-14)17-13-26-20(22-17)23-19(24)7-4-12-25-18-6-3-2-5-16(18)21/h2-3,5-6,8-11,13H,4,7,12,21H2,1H3,(H,22,23,24). The molecular weight excluding hydrogens is 346 g/mol. The van der Waals surface area contributed by atoms with Gasteiger partial charge in [-0.25, -0.2) is 4.98 Å². The van der Waals surface area contributed by atoms with Crippen LogP contribution in [0.2, 0.25) is 0 Å². The smallest absolute Gasteiger partial charge is 0.226 e. The lowest BCUT2D eigenvalue weighted by atomic mass is 10.1. The molecule has 0 unspecified atom stereocenters. The lowest BCUT2D eigenvalue weighted by Crippen LogP contribution is -2.12. The Balaban J connectivity index is 1.45. The Morgan fingerprint density at radius 3 is 2.73 bits per heavy atom. The topological polar surface area (TPSA) is 77.2 Å². The first-order valence-electron chi connectivity index (χ1n) is 8.41. The molecule has 0 bridgehead atoms. The minimum Gasteiger partial charge on any atom is -0.491 e. The summed E-state index contributed by atoms with van der Waals surface area (Å²) in [5.41, 5.74) is 9.53. The number of hydrogen-bond donors (Lipinski definition) is 2. The Labute approximate surface area is 156 Å². The number of carbonyl (C=O) groups excluding carboxylic acids is 1. The van der Waals surface area contributed by atoms with Crippen molar-refractivity contribution >= 4 is 28.1 Å². The molecule has 3 N–H and O–H groups in total. The Morgan fingerprint density at radius 1 is 1.19 bits per heavy atom. The molecule has 2 aromatic carbocycles. The SMILES string of the molecule is Cc1ccc(-c2csc(NC(=O)CCCOc3ccccc3N)n2)cc1. The van der Waals surface area contributed by atoms with Crippen LogP contribution in [0.3, 0.4) is 0 Å². The normalized spacial score (nSPS) is 10.5. The average Bonchev–Trinajstić information content (AvgIpc) is 3.09. The van der Waals surface area contributed by atoms with Gasteiger partial charge in [0.15, 0.2) is 5.13 Å². The quantitative estimate of drug-likeness (QED) is 0.476. The van der Waals surface area contributed by atoms with Crippen molar-refractivity contribution < 1.29 is 9.53 Å². The maximum Gasteiger partial charge on any atom is 0.226 e. The number of aromatic nitrogens is 1. The van der Waals surface area contributed by atoms with Crippen molar-refractivity contribution in [2.75, 3.05) is 17.7 Å². The number of aryl methyl sites for hydroxylation is 1. The molecule has 1 amide bonds. The van der Waals surface area contributed by atoms with E-state index < -0.39 is 0 Å². The number of nitrogen functional groups attached to an aromatic ring is 1. The maximum absolute atomic E-state index is 12.1.